The maximum absolute atomic E-state index is 11.5. The van der Waals surface area contributed by atoms with E-state index in [1.807, 2.05) is 18.2 Å². The number of carbonyl (C=O) groups is 1. The highest BCUT2D eigenvalue weighted by Crippen LogP contribution is 2.23. The minimum absolute atomic E-state index is 0.134. The number of anilines is 1. The molecule has 18 heavy (non-hydrogen) atoms. The third kappa shape index (κ3) is 2.88. The molecule has 1 aromatic carbocycles. The second-order valence-corrected chi connectivity index (χ2v) is 6.49. The van der Waals surface area contributed by atoms with Gasteiger partial charge in [0.2, 0.25) is 15.9 Å². The van der Waals surface area contributed by atoms with Gasteiger partial charge >= 0.3 is 0 Å². The number of hydrogen-bond acceptors (Lipinski definition) is 3. The van der Waals surface area contributed by atoms with E-state index in [4.69, 9.17) is 0 Å². The van der Waals surface area contributed by atoms with Crippen LogP contribution in [0.3, 0.4) is 0 Å². The molecule has 1 aliphatic heterocycles. The van der Waals surface area contributed by atoms with Crippen molar-refractivity contribution in [2.24, 2.45) is 0 Å². The molecule has 0 saturated carbocycles. The second kappa shape index (κ2) is 4.70. The number of sulfonamides is 1. The first-order valence-corrected chi connectivity index (χ1v) is 7.55. The van der Waals surface area contributed by atoms with E-state index in [1.165, 1.54) is 17.5 Å². The summed E-state index contributed by atoms with van der Waals surface area (Å²) in [7, 11) is -3.16. The van der Waals surface area contributed by atoms with E-state index >= 15 is 0 Å². The van der Waals surface area contributed by atoms with Crippen LogP contribution in [-0.4, -0.2) is 31.4 Å². The number of fused-ring (bicyclic) bond motifs is 1. The summed E-state index contributed by atoms with van der Waals surface area (Å²) >= 11 is 0. The van der Waals surface area contributed by atoms with Crippen molar-refractivity contribution in [2.75, 3.05) is 18.1 Å². The molecule has 0 saturated heterocycles. The van der Waals surface area contributed by atoms with Crippen molar-refractivity contribution in [3.8, 4) is 0 Å². The number of nitrogens with one attached hydrogen (secondary N) is 1. The van der Waals surface area contributed by atoms with Crippen LogP contribution in [0, 0.1) is 0 Å². The van der Waals surface area contributed by atoms with E-state index in [2.05, 4.69) is 5.32 Å². The van der Waals surface area contributed by atoms with E-state index in [0.717, 1.165) is 11.1 Å². The van der Waals surface area contributed by atoms with E-state index in [9.17, 15) is 13.2 Å². The van der Waals surface area contributed by atoms with Gasteiger partial charge in [-0.05, 0) is 29.7 Å². The average molecular weight is 268 g/mol. The molecule has 2 rings (SSSR count). The molecule has 0 fully saturated rings. The average Bonchev–Trinajstić information content (AvgIpc) is 2.26. The fourth-order valence-corrected chi connectivity index (χ4v) is 2.89. The SMILES string of the molecule is CC(=O)Nc1ccc2c(c1)CN(S(C)(=O)=O)CC2. The van der Waals surface area contributed by atoms with Gasteiger partial charge in [0.15, 0.2) is 0 Å². The normalized spacial score (nSPS) is 16.1. The Bertz CT molecular complexity index is 581. The van der Waals surface area contributed by atoms with Gasteiger partial charge in [0.05, 0.1) is 6.26 Å². The second-order valence-electron chi connectivity index (χ2n) is 4.51. The zero-order valence-corrected chi connectivity index (χ0v) is 11.3. The molecule has 1 amide bonds. The quantitative estimate of drug-likeness (QED) is 0.869. The van der Waals surface area contributed by atoms with Crippen LogP contribution in [-0.2, 0) is 27.8 Å². The van der Waals surface area contributed by atoms with Crippen LogP contribution in [0.1, 0.15) is 18.1 Å². The van der Waals surface area contributed by atoms with Crippen LogP contribution in [0.15, 0.2) is 18.2 Å². The summed E-state index contributed by atoms with van der Waals surface area (Å²) in [6.07, 6.45) is 1.93. The molecule has 0 aromatic heterocycles. The van der Waals surface area contributed by atoms with Gasteiger partial charge in [-0.1, -0.05) is 6.07 Å². The van der Waals surface area contributed by atoms with Crippen LogP contribution in [0.4, 0.5) is 5.69 Å². The lowest BCUT2D eigenvalue weighted by atomic mass is 10.0. The topological polar surface area (TPSA) is 66.5 Å². The van der Waals surface area contributed by atoms with Crippen LogP contribution in [0.25, 0.3) is 0 Å². The summed E-state index contributed by atoms with van der Waals surface area (Å²) in [5.41, 5.74) is 2.80. The van der Waals surface area contributed by atoms with Gasteiger partial charge in [0, 0.05) is 25.7 Å². The molecular weight excluding hydrogens is 252 g/mol. The smallest absolute Gasteiger partial charge is 0.221 e. The lowest BCUT2D eigenvalue weighted by Crippen LogP contribution is -2.35. The zero-order valence-electron chi connectivity index (χ0n) is 10.4. The Kier molecular flexibility index (Phi) is 3.41. The maximum Gasteiger partial charge on any atom is 0.221 e. The molecule has 1 heterocycles. The maximum atomic E-state index is 11.5. The molecule has 1 aliphatic rings. The summed E-state index contributed by atoms with van der Waals surface area (Å²) in [5.74, 6) is -0.134. The minimum atomic E-state index is -3.16. The Morgan fingerprint density at radius 1 is 1.33 bits per heavy atom. The van der Waals surface area contributed by atoms with E-state index < -0.39 is 10.0 Å². The number of rotatable bonds is 2. The molecule has 5 nitrogen and oxygen atoms in total. The molecule has 98 valence electrons. The zero-order chi connectivity index (χ0) is 13.3. The van der Waals surface area contributed by atoms with E-state index in [1.54, 1.807) is 0 Å². The first-order valence-electron chi connectivity index (χ1n) is 5.71. The Morgan fingerprint density at radius 2 is 2.06 bits per heavy atom. The Balaban J connectivity index is 2.27. The third-order valence-electron chi connectivity index (χ3n) is 2.97. The predicted molar refractivity (Wildman–Crippen MR) is 69.7 cm³/mol. The van der Waals surface area contributed by atoms with Gasteiger partial charge in [-0.15, -0.1) is 0 Å². The highest BCUT2D eigenvalue weighted by atomic mass is 32.2. The Hall–Kier alpha value is -1.40. The van der Waals surface area contributed by atoms with Crippen LogP contribution in [0.2, 0.25) is 0 Å². The number of benzene rings is 1. The van der Waals surface area contributed by atoms with Crippen LogP contribution < -0.4 is 5.32 Å². The molecule has 1 aromatic rings. The predicted octanol–water partition coefficient (Wildman–Crippen LogP) is 0.963. The van der Waals surface area contributed by atoms with Crippen molar-refractivity contribution < 1.29 is 13.2 Å². The number of amides is 1. The lowest BCUT2D eigenvalue weighted by molar-refractivity contribution is -0.114. The fourth-order valence-electron chi connectivity index (χ4n) is 2.10. The summed E-state index contributed by atoms with van der Waals surface area (Å²) in [6.45, 7) is 2.34. The largest absolute Gasteiger partial charge is 0.326 e. The van der Waals surface area contributed by atoms with E-state index in [0.29, 0.717) is 25.2 Å². The number of carbonyl (C=O) groups excluding carboxylic acids is 1. The fraction of sp³-hybridized carbons (Fsp3) is 0.417. The third-order valence-corrected chi connectivity index (χ3v) is 4.22. The highest BCUT2D eigenvalue weighted by molar-refractivity contribution is 7.88. The molecule has 6 heteroatoms. The van der Waals surface area contributed by atoms with Crippen molar-refractivity contribution in [2.45, 2.75) is 19.9 Å². The highest BCUT2D eigenvalue weighted by Gasteiger charge is 2.23. The Labute approximate surface area is 107 Å². The number of nitrogens with zero attached hydrogens (tertiary/aromatic N) is 1. The van der Waals surface area contributed by atoms with Crippen molar-refractivity contribution in [3.05, 3.63) is 29.3 Å². The van der Waals surface area contributed by atoms with Gasteiger partial charge in [-0.3, -0.25) is 4.79 Å². The van der Waals surface area contributed by atoms with Gasteiger partial charge in [0.1, 0.15) is 0 Å². The van der Waals surface area contributed by atoms with Gasteiger partial charge in [-0.2, -0.15) is 4.31 Å². The molecule has 0 radical (unpaired) electrons. The first kappa shape index (κ1) is 13.0. The summed E-state index contributed by atoms with van der Waals surface area (Å²) in [6, 6.07) is 5.63. The summed E-state index contributed by atoms with van der Waals surface area (Å²) in [4.78, 5) is 11.0. The minimum Gasteiger partial charge on any atom is -0.326 e. The molecule has 0 spiro atoms. The van der Waals surface area contributed by atoms with Crippen molar-refractivity contribution in [3.63, 3.8) is 0 Å². The molecule has 0 aliphatic carbocycles. The van der Waals surface area contributed by atoms with Gasteiger partial charge in [-0.25, -0.2) is 8.42 Å². The van der Waals surface area contributed by atoms with Crippen molar-refractivity contribution in [1.82, 2.24) is 4.31 Å². The standard InChI is InChI=1S/C12H16N2O3S/c1-9(15)13-12-4-3-10-5-6-14(18(2,16)17)8-11(10)7-12/h3-4,7H,5-6,8H2,1-2H3,(H,13,15). The molecule has 0 atom stereocenters. The van der Waals surface area contributed by atoms with Crippen LogP contribution >= 0.6 is 0 Å². The summed E-state index contributed by atoms with van der Waals surface area (Å²) < 4.78 is 24.5. The lowest BCUT2D eigenvalue weighted by Gasteiger charge is -2.27. The molecule has 1 N–H and O–H groups in total. The van der Waals surface area contributed by atoms with Crippen molar-refractivity contribution in [1.29, 1.82) is 0 Å². The first-order chi connectivity index (χ1) is 8.36. The van der Waals surface area contributed by atoms with Gasteiger partial charge < -0.3 is 5.32 Å². The molecule has 0 bridgehead atoms. The van der Waals surface area contributed by atoms with Gasteiger partial charge in [0.25, 0.3) is 0 Å². The number of hydrogen-bond donors (Lipinski definition) is 1. The Morgan fingerprint density at radius 3 is 2.67 bits per heavy atom. The van der Waals surface area contributed by atoms with E-state index in [-0.39, 0.29) is 5.91 Å². The molecule has 0 unspecified atom stereocenters. The van der Waals surface area contributed by atoms with Crippen LogP contribution in [0.5, 0.6) is 0 Å². The monoisotopic (exact) mass is 268 g/mol. The molecular formula is C12H16N2O3S. The van der Waals surface area contributed by atoms with Crippen molar-refractivity contribution >= 4 is 21.6 Å². The summed E-state index contributed by atoms with van der Waals surface area (Å²) in [5, 5.41) is 2.70.